The summed E-state index contributed by atoms with van der Waals surface area (Å²) < 4.78 is 46.3. The van der Waals surface area contributed by atoms with Gasteiger partial charge in [0.1, 0.15) is 17.7 Å². The van der Waals surface area contributed by atoms with Gasteiger partial charge in [-0.3, -0.25) is 14.4 Å². The number of piperidine rings is 1. The number of nitrogens with one attached hydrogen (secondary N) is 2. The number of carbonyl (C=O) groups is 3. The SMILES string of the molecule is COC(=O)CCNC(=O)CCCC1CCN(c2cc(N3CCC[C@H]3C(=O)NCCc3ccc(C#N)cc3)nc(C(F)(F)F)n2)CC1. The Kier molecular flexibility index (Phi) is 12.2. The van der Waals surface area contributed by atoms with Gasteiger partial charge in [0.15, 0.2) is 0 Å². The number of rotatable bonds is 13. The number of nitriles is 1. The van der Waals surface area contributed by atoms with Gasteiger partial charge in [0.2, 0.25) is 17.6 Å². The average Bonchev–Trinajstić information content (AvgIpc) is 3.55. The van der Waals surface area contributed by atoms with Crippen LogP contribution in [0, 0.1) is 17.2 Å². The number of esters is 1. The summed E-state index contributed by atoms with van der Waals surface area (Å²) in [7, 11) is 1.29. The van der Waals surface area contributed by atoms with Crippen LogP contribution in [0.25, 0.3) is 0 Å². The molecule has 2 amide bonds. The number of hydrogen-bond acceptors (Lipinski definition) is 9. The maximum atomic E-state index is 13.9. The lowest BCUT2D eigenvalue weighted by Gasteiger charge is -2.34. The number of halogens is 3. The van der Waals surface area contributed by atoms with Gasteiger partial charge in [0.25, 0.3) is 0 Å². The fourth-order valence-corrected chi connectivity index (χ4v) is 5.86. The molecule has 46 heavy (non-hydrogen) atoms. The lowest BCUT2D eigenvalue weighted by molar-refractivity contribution is -0.145. The zero-order chi connectivity index (χ0) is 33.1. The summed E-state index contributed by atoms with van der Waals surface area (Å²) in [6.45, 7) is 2.02. The third kappa shape index (κ3) is 9.79. The molecule has 11 nitrogen and oxygen atoms in total. The first-order valence-electron chi connectivity index (χ1n) is 15.7. The molecule has 0 saturated carbocycles. The Hall–Kier alpha value is -4.41. The summed E-state index contributed by atoms with van der Waals surface area (Å²) in [5.41, 5.74) is 1.51. The molecule has 4 rings (SSSR count). The van der Waals surface area contributed by atoms with E-state index in [1.807, 2.05) is 17.0 Å². The van der Waals surface area contributed by atoms with E-state index < -0.39 is 18.0 Å². The Bertz CT molecular complexity index is 1390. The molecule has 0 radical (unpaired) electrons. The maximum absolute atomic E-state index is 13.9. The topological polar surface area (TPSA) is 141 Å². The zero-order valence-electron chi connectivity index (χ0n) is 25.9. The van der Waals surface area contributed by atoms with Crippen molar-refractivity contribution >= 4 is 29.4 Å². The Balaban J connectivity index is 1.32. The van der Waals surface area contributed by atoms with Crippen LogP contribution in [0.5, 0.6) is 0 Å². The van der Waals surface area contributed by atoms with Crippen molar-refractivity contribution in [1.82, 2.24) is 20.6 Å². The van der Waals surface area contributed by atoms with Crippen LogP contribution >= 0.6 is 0 Å². The molecular formula is C32H40F3N7O4. The van der Waals surface area contributed by atoms with Gasteiger partial charge in [0, 0.05) is 45.2 Å². The third-order valence-corrected chi connectivity index (χ3v) is 8.43. The van der Waals surface area contributed by atoms with E-state index in [4.69, 9.17) is 5.26 Å². The molecule has 14 heteroatoms. The number of carbonyl (C=O) groups excluding carboxylic acids is 3. The van der Waals surface area contributed by atoms with Crippen LogP contribution in [0.15, 0.2) is 30.3 Å². The van der Waals surface area contributed by atoms with Gasteiger partial charge >= 0.3 is 12.1 Å². The number of ether oxygens (including phenoxy) is 1. The molecule has 0 bridgehead atoms. The number of nitrogens with zero attached hydrogens (tertiary/aromatic N) is 5. The number of alkyl halides is 3. The Labute approximate surface area is 266 Å². The highest BCUT2D eigenvalue weighted by molar-refractivity contribution is 5.85. The summed E-state index contributed by atoms with van der Waals surface area (Å²) >= 11 is 0. The smallest absolute Gasteiger partial charge is 0.451 e. The molecule has 248 valence electrons. The molecule has 1 aromatic carbocycles. The van der Waals surface area contributed by atoms with Crippen molar-refractivity contribution < 1.29 is 32.3 Å². The second-order valence-corrected chi connectivity index (χ2v) is 11.6. The van der Waals surface area contributed by atoms with Gasteiger partial charge in [-0.1, -0.05) is 12.1 Å². The highest BCUT2D eigenvalue weighted by Gasteiger charge is 2.39. The van der Waals surface area contributed by atoms with Crippen molar-refractivity contribution in [3.8, 4) is 6.07 Å². The van der Waals surface area contributed by atoms with Gasteiger partial charge in [-0.05, 0) is 68.6 Å². The lowest BCUT2D eigenvalue weighted by Crippen LogP contribution is -2.44. The van der Waals surface area contributed by atoms with Crippen LogP contribution in [0.4, 0.5) is 24.8 Å². The molecule has 2 N–H and O–H groups in total. The van der Waals surface area contributed by atoms with Crippen molar-refractivity contribution in [3.63, 3.8) is 0 Å². The van der Waals surface area contributed by atoms with Gasteiger partial charge in [-0.15, -0.1) is 0 Å². The van der Waals surface area contributed by atoms with Crippen molar-refractivity contribution in [3.05, 3.63) is 47.3 Å². The minimum atomic E-state index is -4.75. The van der Waals surface area contributed by atoms with Crippen molar-refractivity contribution in [1.29, 1.82) is 5.26 Å². The van der Waals surface area contributed by atoms with Crippen LogP contribution in [-0.2, 0) is 31.7 Å². The Morgan fingerprint density at radius 3 is 2.39 bits per heavy atom. The van der Waals surface area contributed by atoms with E-state index in [-0.39, 0.29) is 42.4 Å². The normalized spacial score (nSPS) is 17.0. The quantitative estimate of drug-likeness (QED) is 0.312. The molecule has 0 spiro atoms. The first-order valence-corrected chi connectivity index (χ1v) is 15.7. The molecular weight excluding hydrogens is 603 g/mol. The molecule has 2 aliphatic rings. The fraction of sp³-hybridized carbons (Fsp3) is 0.562. The summed E-state index contributed by atoms with van der Waals surface area (Å²) in [5.74, 6) is -1.41. The van der Waals surface area contributed by atoms with Gasteiger partial charge in [-0.2, -0.15) is 18.4 Å². The van der Waals surface area contributed by atoms with E-state index in [0.29, 0.717) is 69.8 Å². The Morgan fingerprint density at radius 2 is 1.72 bits per heavy atom. The molecule has 1 atom stereocenters. The van der Waals surface area contributed by atoms with Gasteiger partial charge in [0.05, 0.1) is 25.2 Å². The summed E-state index contributed by atoms with van der Waals surface area (Å²) in [5, 5.41) is 14.6. The van der Waals surface area contributed by atoms with E-state index in [0.717, 1.165) is 24.8 Å². The second kappa shape index (κ2) is 16.2. The monoisotopic (exact) mass is 643 g/mol. The van der Waals surface area contributed by atoms with Gasteiger partial charge in [-0.25, -0.2) is 9.97 Å². The Morgan fingerprint density at radius 1 is 1.00 bits per heavy atom. The van der Waals surface area contributed by atoms with Crippen LogP contribution in [-0.4, -0.2) is 73.6 Å². The van der Waals surface area contributed by atoms with Crippen LogP contribution in [0.2, 0.25) is 0 Å². The maximum Gasteiger partial charge on any atom is 0.451 e. The second-order valence-electron chi connectivity index (χ2n) is 11.6. The summed E-state index contributed by atoms with van der Waals surface area (Å²) in [6, 6.07) is 10.0. The fourth-order valence-electron chi connectivity index (χ4n) is 5.86. The molecule has 0 aliphatic carbocycles. The van der Waals surface area contributed by atoms with Gasteiger partial charge < -0.3 is 25.2 Å². The molecule has 3 heterocycles. The number of methoxy groups -OCH3 is 1. The molecule has 0 unspecified atom stereocenters. The lowest BCUT2D eigenvalue weighted by atomic mass is 9.91. The highest BCUT2D eigenvalue weighted by atomic mass is 19.4. The average molecular weight is 644 g/mol. The highest BCUT2D eigenvalue weighted by Crippen LogP contribution is 2.34. The van der Waals surface area contributed by atoms with Crippen molar-refractivity contribution in [2.45, 2.75) is 70.0 Å². The van der Waals surface area contributed by atoms with Crippen molar-refractivity contribution in [2.75, 3.05) is 49.6 Å². The minimum Gasteiger partial charge on any atom is -0.469 e. The van der Waals surface area contributed by atoms with Crippen LogP contribution in [0.3, 0.4) is 0 Å². The molecule has 2 fully saturated rings. The first-order chi connectivity index (χ1) is 22.1. The minimum absolute atomic E-state index is 0.0856. The van der Waals surface area contributed by atoms with E-state index >= 15 is 0 Å². The number of benzene rings is 1. The first kappa shape index (κ1) is 34.5. The summed E-state index contributed by atoms with van der Waals surface area (Å²) in [4.78, 5) is 47.5. The van der Waals surface area contributed by atoms with E-state index in [2.05, 4.69) is 31.4 Å². The van der Waals surface area contributed by atoms with E-state index in [1.54, 1.807) is 23.1 Å². The molecule has 2 aromatic rings. The summed E-state index contributed by atoms with van der Waals surface area (Å²) in [6.07, 6.45) is 0.394. The number of aromatic nitrogens is 2. The molecule has 1 aromatic heterocycles. The van der Waals surface area contributed by atoms with E-state index in [9.17, 15) is 27.6 Å². The number of hydrogen-bond donors (Lipinski definition) is 2. The standard InChI is InChI=1S/C32H40F3N7O4/c1-46-29(44)12-16-37-28(43)6-2-4-22-13-18-41(19-14-22)26-20-27(40-31(39-26)32(33,34)35)42-17-3-5-25(42)30(45)38-15-11-23-7-9-24(21-36)10-8-23/h7-10,20,22,25H,2-6,11-19H2,1H3,(H,37,43)(H,38,45)/t25-/m0/s1. The largest absolute Gasteiger partial charge is 0.469 e. The number of amides is 2. The molecule has 2 aliphatic heterocycles. The zero-order valence-corrected chi connectivity index (χ0v) is 25.9. The van der Waals surface area contributed by atoms with Crippen LogP contribution in [0.1, 0.15) is 68.3 Å². The third-order valence-electron chi connectivity index (χ3n) is 8.43. The predicted octanol–water partition coefficient (Wildman–Crippen LogP) is 3.76. The van der Waals surface area contributed by atoms with Crippen molar-refractivity contribution in [2.24, 2.45) is 5.92 Å². The molecule has 2 saturated heterocycles. The van der Waals surface area contributed by atoms with E-state index in [1.165, 1.54) is 7.11 Å². The van der Waals surface area contributed by atoms with Crippen LogP contribution < -0.4 is 20.4 Å². The number of anilines is 2. The predicted molar refractivity (Wildman–Crippen MR) is 164 cm³/mol.